The van der Waals surface area contributed by atoms with Crippen LogP contribution in [0.5, 0.6) is 0 Å². The highest BCUT2D eigenvalue weighted by atomic mass is 79.9. The third-order valence-corrected chi connectivity index (χ3v) is 4.97. The highest BCUT2D eigenvalue weighted by molar-refractivity contribution is 9.11. The van der Waals surface area contributed by atoms with Crippen molar-refractivity contribution >= 4 is 65.1 Å². The minimum absolute atomic E-state index is 0.237. The van der Waals surface area contributed by atoms with Crippen molar-refractivity contribution in [3.05, 3.63) is 60.4 Å². The van der Waals surface area contributed by atoms with Gasteiger partial charge in [-0.2, -0.15) is 0 Å². The number of rotatable bonds is 4. The first-order valence-electron chi connectivity index (χ1n) is 6.17. The van der Waals surface area contributed by atoms with E-state index in [4.69, 9.17) is 11.6 Å². The van der Waals surface area contributed by atoms with Gasteiger partial charge in [-0.3, -0.25) is 0 Å². The van der Waals surface area contributed by atoms with E-state index in [1.807, 2.05) is 24.3 Å². The zero-order chi connectivity index (χ0) is 14.7. The largest absolute Gasteiger partial charge is 0.376 e. The molecule has 0 aliphatic carbocycles. The van der Waals surface area contributed by atoms with Gasteiger partial charge in [0.25, 0.3) is 0 Å². The van der Waals surface area contributed by atoms with E-state index >= 15 is 0 Å². The molecule has 0 fully saturated rings. The molecule has 0 aliphatic rings. The molecule has 0 heterocycles. The van der Waals surface area contributed by atoms with Gasteiger partial charge in [-0.05, 0) is 68.1 Å². The molecular weight excluding hydrogens is 469 g/mol. The van der Waals surface area contributed by atoms with Crippen molar-refractivity contribution < 1.29 is 0 Å². The molecule has 0 spiro atoms. The Morgan fingerprint density at radius 2 is 1.60 bits per heavy atom. The smallest absolute Gasteiger partial charge is 0.0634 e. The normalized spacial score (nSPS) is 12.2. The molecule has 1 unspecified atom stereocenters. The number of hydrogen-bond acceptors (Lipinski definition) is 1. The van der Waals surface area contributed by atoms with Gasteiger partial charge in [0.2, 0.25) is 0 Å². The summed E-state index contributed by atoms with van der Waals surface area (Å²) in [5.74, 6) is 0. The van der Waals surface area contributed by atoms with E-state index in [-0.39, 0.29) is 6.04 Å². The average Bonchev–Trinajstić information content (AvgIpc) is 2.39. The summed E-state index contributed by atoms with van der Waals surface area (Å²) in [5, 5.41) is 4.33. The fraction of sp³-hybridized carbons (Fsp3) is 0.200. The van der Waals surface area contributed by atoms with E-state index in [9.17, 15) is 0 Å². The zero-order valence-electron chi connectivity index (χ0n) is 10.8. The molecule has 0 radical (unpaired) electrons. The molecule has 1 atom stereocenters. The van der Waals surface area contributed by atoms with Crippen LogP contribution in [-0.4, -0.2) is 0 Å². The number of hydrogen-bond donors (Lipinski definition) is 1. The van der Waals surface area contributed by atoms with Crippen molar-refractivity contribution in [2.24, 2.45) is 0 Å². The molecule has 106 valence electrons. The minimum Gasteiger partial charge on any atom is -0.376 e. The summed E-state index contributed by atoms with van der Waals surface area (Å²) in [4.78, 5) is 0. The second-order valence-electron chi connectivity index (χ2n) is 4.40. The lowest BCUT2D eigenvalue weighted by atomic mass is 10.0. The summed E-state index contributed by atoms with van der Waals surface area (Å²) < 4.78 is 3.07. The zero-order valence-corrected chi connectivity index (χ0v) is 16.3. The van der Waals surface area contributed by atoms with Crippen molar-refractivity contribution in [1.82, 2.24) is 0 Å². The van der Waals surface area contributed by atoms with Crippen LogP contribution in [0.3, 0.4) is 0 Å². The number of benzene rings is 2. The Hall–Kier alpha value is -0.0300. The molecule has 0 saturated heterocycles. The summed E-state index contributed by atoms with van der Waals surface area (Å²) in [6.45, 7) is 2.16. The molecule has 0 saturated carbocycles. The van der Waals surface area contributed by atoms with Crippen LogP contribution in [0.15, 0.2) is 49.8 Å². The lowest BCUT2D eigenvalue weighted by Crippen LogP contribution is -2.10. The van der Waals surface area contributed by atoms with Gasteiger partial charge in [-0.15, -0.1) is 0 Å². The van der Waals surface area contributed by atoms with E-state index < -0.39 is 0 Å². The standard InChI is InChI=1S/C15H13Br3ClN/c1-2-14(9-3-5-11(19)6-4-9)20-15-12(17)7-10(16)8-13(15)18/h3-8,14,20H,2H2,1H3. The van der Waals surface area contributed by atoms with Gasteiger partial charge in [0, 0.05) is 18.4 Å². The molecule has 0 aromatic heterocycles. The van der Waals surface area contributed by atoms with Gasteiger partial charge in [0.15, 0.2) is 0 Å². The Morgan fingerprint density at radius 1 is 1.05 bits per heavy atom. The van der Waals surface area contributed by atoms with Crippen LogP contribution >= 0.6 is 59.4 Å². The third kappa shape index (κ3) is 4.00. The van der Waals surface area contributed by atoms with E-state index in [1.165, 1.54) is 5.56 Å². The maximum absolute atomic E-state index is 5.95. The van der Waals surface area contributed by atoms with Crippen LogP contribution < -0.4 is 5.32 Å². The van der Waals surface area contributed by atoms with Gasteiger partial charge < -0.3 is 5.32 Å². The van der Waals surface area contributed by atoms with E-state index in [0.29, 0.717) is 0 Å². The number of halogens is 4. The third-order valence-electron chi connectivity index (χ3n) is 3.01. The minimum atomic E-state index is 0.237. The molecule has 0 bridgehead atoms. The second-order valence-corrected chi connectivity index (χ2v) is 7.46. The Balaban J connectivity index is 2.29. The first-order chi connectivity index (χ1) is 9.51. The molecule has 2 aromatic rings. The molecule has 2 aromatic carbocycles. The highest BCUT2D eigenvalue weighted by Crippen LogP contribution is 2.37. The molecule has 2 rings (SSSR count). The molecule has 20 heavy (non-hydrogen) atoms. The highest BCUT2D eigenvalue weighted by Gasteiger charge is 2.13. The SMILES string of the molecule is CCC(Nc1c(Br)cc(Br)cc1Br)c1ccc(Cl)cc1. The molecule has 0 aliphatic heterocycles. The van der Waals surface area contributed by atoms with Gasteiger partial charge in [-0.25, -0.2) is 0 Å². The molecular formula is C15H13Br3ClN. The van der Waals surface area contributed by atoms with Crippen molar-refractivity contribution in [2.45, 2.75) is 19.4 Å². The maximum Gasteiger partial charge on any atom is 0.0634 e. The van der Waals surface area contributed by atoms with Gasteiger partial charge in [0.05, 0.1) is 11.7 Å². The Morgan fingerprint density at radius 3 is 2.10 bits per heavy atom. The predicted molar refractivity (Wildman–Crippen MR) is 97.6 cm³/mol. The van der Waals surface area contributed by atoms with Crippen LogP contribution in [0.2, 0.25) is 5.02 Å². The topological polar surface area (TPSA) is 12.0 Å². The monoisotopic (exact) mass is 479 g/mol. The summed E-state index contributed by atoms with van der Waals surface area (Å²) in [6, 6.07) is 12.3. The maximum atomic E-state index is 5.95. The van der Waals surface area contributed by atoms with Crippen molar-refractivity contribution in [2.75, 3.05) is 5.32 Å². The van der Waals surface area contributed by atoms with E-state index in [0.717, 1.165) is 30.5 Å². The molecule has 5 heteroatoms. The van der Waals surface area contributed by atoms with Gasteiger partial charge >= 0.3 is 0 Å². The second kappa shape index (κ2) is 7.30. The van der Waals surface area contributed by atoms with Crippen molar-refractivity contribution in [3.63, 3.8) is 0 Å². The lowest BCUT2D eigenvalue weighted by Gasteiger charge is -2.21. The van der Waals surface area contributed by atoms with Crippen LogP contribution in [0.25, 0.3) is 0 Å². The Kier molecular flexibility index (Phi) is 5.96. The van der Waals surface area contributed by atoms with Crippen molar-refractivity contribution in [1.29, 1.82) is 0 Å². The van der Waals surface area contributed by atoms with Gasteiger partial charge in [0.1, 0.15) is 0 Å². The summed E-state index contributed by atoms with van der Waals surface area (Å²) >= 11 is 16.6. The molecule has 1 N–H and O–H groups in total. The summed E-state index contributed by atoms with van der Waals surface area (Å²) in [7, 11) is 0. The van der Waals surface area contributed by atoms with Crippen LogP contribution in [0.4, 0.5) is 5.69 Å². The van der Waals surface area contributed by atoms with Crippen LogP contribution in [0, 0.1) is 0 Å². The quantitative estimate of drug-likeness (QED) is 0.486. The van der Waals surface area contributed by atoms with Crippen LogP contribution in [0.1, 0.15) is 24.9 Å². The first-order valence-corrected chi connectivity index (χ1v) is 8.93. The van der Waals surface area contributed by atoms with Crippen molar-refractivity contribution in [3.8, 4) is 0 Å². The fourth-order valence-electron chi connectivity index (χ4n) is 1.97. The van der Waals surface area contributed by atoms with Crippen LogP contribution in [-0.2, 0) is 0 Å². The summed E-state index contributed by atoms with van der Waals surface area (Å²) in [6.07, 6.45) is 0.983. The van der Waals surface area contributed by atoms with E-state index in [2.05, 4.69) is 72.2 Å². The number of nitrogens with one attached hydrogen (secondary N) is 1. The Bertz CT molecular complexity index is 576. The number of anilines is 1. The summed E-state index contributed by atoms with van der Waals surface area (Å²) in [5.41, 5.74) is 2.27. The average molecular weight is 482 g/mol. The fourth-order valence-corrected chi connectivity index (χ4v) is 4.58. The molecule has 1 nitrogen and oxygen atoms in total. The predicted octanol–water partition coefficient (Wildman–Crippen LogP) is 7.19. The van der Waals surface area contributed by atoms with Gasteiger partial charge in [-0.1, -0.05) is 46.6 Å². The van der Waals surface area contributed by atoms with E-state index in [1.54, 1.807) is 0 Å². The lowest BCUT2D eigenvalue weighted by molar-refractivity contribution is 0.748. The Labute approximate surface area is 149 Å². The first kappa shape index (κ1) is 16.3. The molecule has 0 amide bonds.